The minimum atomic E-state index is -0.361. The zero-order chi connectivity index (χ0) is 24.1. The Balaban J connectivity index is 1.38. The Kier molecular flexibility index (Phi) is 6.86. The van der Waals surface area contributed by atoms with E-state index in [2.05, 4.69) is 15.4 Å². The van der Waals surface area contributed by atoms with Crippen molar-refractivity contribution >= 4 is 16.9 Å². The van der Waals surface area contributed by atoms with E-state index in [0.29, 0.717) is 41.2 Å². The number of hydrogen-bond acceptors (Lipinski definition) is 6. The molecule has 176 valence electrons. The fourth-order valence-electron chi connectivity index (χ4n) is 3.65. The van der Waals surface area contributed by atoms with Crippen molar-refractivity contribution in [1.29, 1.82) is 0 Å². The first kappa shape index (κ1) is 23.0. The van der Waals surface area contributed by atoms with Crippen LogP contribution in [0.4, 0.5) is 4.39 Å². The van der Waals surface area contributed by atoms with Gasteiger partial charge in [0.05, 0.1) is 39.9 Å². The van der Waals surface area contributed by atoms with Gasteiger partial charge in [-0.2, -0.15) is 5.10 Å². The van der Waals surface area contributed by atoms with Gasteiger partial charge in [0.2, 0.25) is 5.91 Å². The maximum atomic E-state index is 13.4. The number of halogens is 1. The summed E-state index contributed by atoms with van der Waals surface area (Å²) < 4.78 is 26.9. The van der Waals surface area contributed by atoms with Gasteiger partial charge < -0.3 is 14.8 Å². The molecule has 1 amide bonds. The largest absolute Gasteiger partial charge is 0.493 e. The van der Waals surface area contributed by atoms with Crippen LogP contribution in [0.5, 0.6) is 11.5 Å². The lowest BCUT2D eigenvalue weighted by Gasteiger charge is -2.10. The summed E-state index contributed by atoms with van der Waals surface area (Å²) in [6.45, 7) is 0.870. The van der Waals surface area contributed by atoms with Crippen LogP contribution in [-0.2, 0) is 24.3 Å². The Morgan fingerprint density at radius 3 is 2.68 bits per heavy atom. The molecule has 1 N–H and O–H groups in total. The monoisotopic (exact) mass is 465 g/mol. The van der Waals surface area contributed by atoms with Crippen molar-refractivity contribution in [3.05, 3.63) is 82.3 Å². The van der Waals surface area contributed by atoms with Crippen LogP contribution in [0.1, 0.15) is 11.1 Å². The van der Waals surface area contributed by atoms with Crippen LogP contribution in [-0.4, -0.2) is 46.0 Å². The summed E-state index contributed by atoms with van der Waals surface area (Å²) in [5.74, 6) is 0.638. The molecule has 2 aromatic heterocycles. The van der Waals surface area contributed by atoms with Gasteiger partial charge in [-0.05, 0) is 35.4 Å². The number of benzene rings is 2. The van der Waals surface area contributed by atoms with E-state index in [9.17, 15) is 14.0 Å². The third-order valence-corrected chi connectivity index (χ3v) is 5.32. The van der Waals surface area contributed by atoms with Crippen molar-refractivity contribution in [2.75, 3.05) is 20.8 Å². The Bertz CT molecular complexity index is 1380. The van der Waals surface area contributed by atoms with E-state index in [1.165, 1.54) is 29.2 Å². The molecule has 4 aromatic rings. The molecule has 0 aliphatic rings. The quantitative estimate of drug-likeness (QED) is 0.407. The van der Waals surface area contributed by atoms with Crippen LogP contribution < -0.4 is 20.3 Å². The van der Waals surface area contributed by atoms with Gasteiger partial charge >= 0.3 is 0 Å². The molecule has 0 bridgehead atoms. The van der Waals surface area contributed by atoms with Crippen LogP contribution in [0.15, 0.2) is 59.8 Å². The first-order chi connectivity index (χ1) is 16.5. The van der Waals surface area contributed by atoms with Gasteiger partial charge in [0.1, 0.15) is 17.5 Å². The summed E-state index contributed by atoms with van der Waals surface area (Å²) in [4.78, 5) is 29.5. The van der Waals surface area contributed by atoms with Gasteiger partial charge in [0, 0.05) is 6.54 Å². The molecule has 0 saturated carbocycles. The number of hydrogen-bond donors (Lipinski definition) is 1. The summed E-state index contributed by atoms with van der Waals surface area (Å²) in [6.07, 6.45) is 3.06. The highest BCUT2D eigenvalue weighted by Gasteiger charge is 2.12. The average molecular weight is 465 g/mol. The number of methoxy groups -OCH3 is 2. The molecular weight excluding hydrogens is 441 g/mol. The Labute approximate surface area is 194 Å². The molecule has 0 fully saturated rings. The SMILES string of the molecule is COc1ccc(CC(=O)NCCn2ncc3c(=O)n(Cc4cccc(F)c4)cnc32)cc1OC. The smallest absolute Gasteiger partial charge is 0.264 e. The maximum absolute atomic E-state index is 13.4. The number of nitrogens with one attached hydrogen (secondary N) is 1. The minimum Gasteiger partial charge on any atom is -0.493 e. The van der Waals surface area contributed by atoms with E-state index < -0.39 is 0 Å². The number of fused-ring (bicyclic) bond motifs is 1. The van der Waals surface area contributed by atoms with E-state index in [-0.39, 0.29) is 30.2 Å². The molecule has 0 radical (unpaired) electrons. The number of carbonyl (C=O) groups is 1. The van der Waals surface area contributed by atoms with Crippen LogP contribution in [0, 0.1) is 5.82 Å². The lowest BCUT2D eigenvalue weighted by atomic mass is 10.1. The van der Waals surface area contributed by atoms with E-state index in [4.69, 9.17) is 9.47 Å². The highest BCUT2D eigenvalue weighted by atomic mass is 19.1. The van der Waals surface area contributed by atoms with E-state index >= 15 is 0 Å². The van der Waals surface area contributed by atoms with Gasteiger partial charge in [-0.3, -0.25) is 14.2 Å². The van der Waals surface area contributed by atoms with Crippen LogP contribution in [0.2, 0.25) is 0 Å². The maximum Gasteiger partial charge on any atom is 0.264 e. The number of amides is 1. The number of aromatic nitrogens is 4. The molecular formula is C24H24FN5O4. The minimum absolute atomic E-state index is 0.158. The topological polar surface area (TPSA) is 100 Å². The molecule has 9 nitrogen and oxygen atoms in total. The third-order valence-electron chi connectivity index (χ3n) is 5.32. The summed E-state index contributed by atoms with van der Waals surface area (Å²) in [7, 11) is 3.10. The molecule has 0 saturated heterocycles. The Hall–Kier alpha value is -4.21. The standard InChI is InChI=1S/C24H24FN5O4/c1-33-20-7-6-16(11-21(20)34-2)12-22(31)26-8-9-30-23-19(13-28-30)24(32)29(15-27-23)14-17-4-3-5-18(25)10-17/h3-7,10-11,13,15H,8-9,12,14H2,1-2H3,(H,26,31). The van der Waals surface area contributed by atoms with E-state index in [0.717, 1.165) is 5.56 Å². The molecule has 2 aromatic carbocycles. The normalized spacial score (nSPS) is 10.9. The molecule has 34 heavy (non-hydrogen) atoms. The Morgan fingerprint density at radius 1 is 1.09 bits per heavy atom. The summed E-state index contributed by atoms with van der Waals surface area (Å²) in [5.41, 5.74) is 1.61. The second-order valence-corrected chi connectivity index (χ2v) is 7.63. The summed E-state index contributed by atoms with van der Waals surface area (Å²) in [6, 6.07) is 11.4. The molecule has 0 aliphatic carbocycles. The van der Waals surface area contributed by atoms with Crippen molar-refractivity contribution in [2.24, 2.45) is 0 Å². The average Bonchev–Trinajstić information content (AvgIpc) is 3.24. The second-order valence-electron chi connectivity index (χ2n) is 7.63. The molecule has 0 unspecified atom stereocenters. The first-order valence-electron chi connectivity index (χ1n) is 10.6. The number of carbonyl (C=O) groups excluding carboxylic acids is 1. The molecule has 0 atom stereocenters. The van der Waals surface area contributed by atoms with Gasteiger partial charge in [-0.15, -0.1) is 0 Å². The van der Waals surface area contributed by atoms with Crippen LogP contribution in [0.3, 0.4) is 0 Å². The van der Waals surface area contributed by atoms with E-state index in [1.54, 1.807) is 49.2 Å². The highest BCUT2D eigenvalue weighted by Crippen LogP contribution is 2.27. The van der Waals surface area contributed by atoms with Crippen molar-refractivity contribution in [1.82, 2.24) is 24.6 Å². The molecule has 2 heterocycles. The third kappa shape index (κ3) is 5.06. The lowest BCUT2D eigenvalue weighted by molar-refractivity contribution is -0.120. The fraction of sp³-hybridized carbons (Fsp3) is 0.250. The zero-order valence-electron chi connectivity index (χ0n) is 18.8. The summed E-state index contributed by atoms with van der Waals surface area (Å²) >= 11 is 0. The van der Waals surface area contributed by atoms with Crippen LogP contribution >= 0.6 is 0 Å². The lowest BCUT2D eigenvalue weighted by Crippen LogP contribution is -2.29. The second kappa shape index (κ2) is 10.2. The first-order valence-corrected chi connectivity index (χ1v) is 10.6. The van der Waals surface area contributed by atoms with Crippen molar-refractivity contribution in [3.63, 3.8) is 0 Å². The molecule has 0 spiro atoms. The fourth-order valence-corrected chi connectivity index (χ4v) is 3.65. The van der Waals surface area contributed by atoms with Gasteiger partial charge in [0.15, 0.2) is 17.1 Å². The van der Waals surface area contributed by atoms with Gasteiger partial charge in [-0.1, -0.05) is 18.2 Å². The molecule has 10 heteroatoms. The predicted octanol–water partition coefficient (Wildman–Crippen LogP) is 2.16. The number of ether oxygens (including phenoxy) is 2. The van der Waals surface area contributed by atoms with Crippen molar-refractivity contribution < 1.29 is 18.7 Å². The van der Waals surface area contributed by atoms with Gasteiger partial charge in [0.25, 0.3) is 5.56 Å². The highest BCUT2D eigenvalue weighted by molar-refractivity contribution is 5.78. The molecule has 4 rings (SSSR count). The van der Waals surface area contributed by atoms with Gasteiger partial charge in [-0.25, -0.2) is 14.1 Å². The Morgan fingerprint density at radius 2 is 1.91 bits per heavy atom. The molecule has 0 aliphatic heterocycles. The summed E-state index contributed by atoms with van der Waals surface area (Å²) in [5, 5.41) is 7.44. The van der Waals surface area contributed by atoms with E-state index in [1.807, 2.05) is 0 Å². The zero-order valence-corrected chi connectivity index (χ0v) is 18.8. The van der Waals surface area contributed by atoms with Crippen molar-refractivity contribution in [2.45, 2.75) is 19.5 Å². The number of rotatable bonds is 9. The van der Waals surface area contributed by atoms with Crippen molar-refractivity contribution in [3.8, 4) is 11.5 Å². The number of nitrogens with zero attached hydrogens (tertiary/aromatic N) is 4. The van der Waals surface area contributed by atoms with Crippen LogP contribution in [0.25, 0.3) is 11.0 Å². The predicted molar refractivity (Wildman–Crippen MR) is 124 cm³/mol.